The summed E-state index contributed by atoms with van der Waals surface area (Å²) >= 11 is 2.76. The summed E-state index contributed by atoms with van der Waals surface area (Å²) in [4.78, 5) is 33.7. The number of hydrogen-bond donors (Lipinski definition) is 1. The van der Waals surface area contributed by atoms with E-state index in [1.807, 2.05) is 74.5 Å². The summed E-state index contributed by atoms with van der Waals surface area (Å²) in [5.74, 6) is 0.530. The molecule has 8 heteroatoms. The summed E-state index contributed by atoms with van der Waals surface area (Å²) in [6.07, 6.45) is 0. The predicted molar refractivity (Wildman–Crippen MR) is 152 cm³/mol. The third kappa shape index (κ3) is 5.03. The number of aryl methyl sites for hydroxylation is 1. The van der Waals surface area contributed by atoms with E-state index < -0.39 is 5.25 Å². The van der Waals surface area contributed by atoms with Gasteiger partial charge in [-0.05, 0) is 55.8 Å². The van der Waals surface area contributed by atoms with E-state index in [2.05, 4.69) is 5.32 Å². The molecule has 0 radical (unpaired) electrons. The minimum absolute atomic E-state index is 0.148. The van der Waals surface area contributed by atoms with Gasteiger partial charge in [-0.3, -0.25) is 14.2 Å². The second kappa shape index (κ2) is 10.6. The number of aromatic nitrogens is 2. The zero-order chi connectivity index (χ0) is 25.9. The van der Waals surface area contributed by atoms with Crippen LogP contribution in [0.25, 0.3) is 27.0 Å². The SMILES string of the molecule is COc1ccc(NC(=O)C(C)Sc2nc3sc(C)c(-c4ccccc4)c3c(=O)n2-c2ccccc2)cc1. The smallest absolute Gasteiger partial charge is 0.268 e. The number of fused-ring (bicyclic) bond motifs is 1. The number of rotatable bonds is 7. The van der Waals surface area contributed by atoms with Crippen molar-refractivity contribution in [1.82, 2.24) is 9.55 Å². The van der Waals surface area contributed by atoms with E-state index in [-0.39, 0.29) is 11.5 Å². The molecule has 6 nitrogen and oxygen atoms in total. The molecule has 0 spiro atoms. The van der Waals surface area contributed by atoms with E-state index in [1.54, 1.807) is 35.9 Å². The van der Waals surface area contributed by atoms with Gasteiger partial charge in [-0.25, -0.2) is 4.98 Å². The summed E-state index contributed by atoms with van der Waals surface area (Å²) in [5, 5.41) is 3.50. The first-order valence-corrected chi connectivity index (χ1v) is 13.4. The molecule has 3 aromatic carbocycles. The van der Waals surface area contributed by atoms with E-state index in [0.29, 0.717) is 32.5 Å². The molecule has 186 valence electrons. The van der Waals surface area contributed by atoms with Crippen LogP contribution in [0.15, 0.2) is 94.9 Å². The van der Waals surface area contributed by atoms with Crippen molar-refractivity contribution in [1.29, 1.82) is 0 Å². The summed E-state index contributed by atoms with van der Waals surface area (Å²) in [7, 11) is 1.60. The highest BCUT2D eigenvalue weighted by molar-refractivity contribution is 8.00. The van der Waals surface area contributed by atoms with Crippen LogP contribution in [0.1, 0.15) is 11.8 Å². The number of thiophene rings is 1. The highest BCUT2D eigenvalue weighted by Crippen LogP contribution is 2.37. The van der Waals surface area contributed by atoms with Gasteiger partial charge < -0.3 is 10.1 Å². The van der Waals surface area contributed by atoms with Gasteiger partial charge in [0.15, 0.2) is 5.16 Å². The van der Waals surface area contributed by atoms with Gasteiger partial charge >= 0.3 is 0 Å². The molecule has 1 unspecified atom stereocenters. The highest BCUT2D eigenvalue weighted by Gasteiger charge is 2.24. The summed E-state index contributed by atoms with van der Waals surface area (Å²) < 4.78 is 6.80. The number of carbonyl (C=O) groups is 1. The lowest BCUT2D eigenvalue weighted by atomic mass is 10.0. The van der Waals surface area contributed by atoms with Crippen LogP contribution in [-0.4, -0.2) is 27.8 Å². The second-order valence-electron chi connectivity index (χ2n) is 8.43. The van der Waals surface area contributed by atoms with Crippen molar-refractivity contribution in [2.24, 2.45) is 0 Å². The maximum atomic E-state index is 14.1. The van der Waals surface area contributed by atoms with Crippen LogP contribution in [0.3, 0.4) is 0 Å². The van der Waals surface area contributed by atoms with Crippen molar-refractivity contribution in [2.75, 3.05) is 12.4 Å². The van der Waals surface area contributed by atoms with Crippen molar-refractivity contribution in [3.05, 3.63) is 100 Å². The minimum atomic E-state index is -0.504. The molecule has 0 aliphatic carbocycles. The van der Waals surface area contributed by atoms with Crippen LogP contribution in [-0.2, 0) is 4.79 Å². The Morgan fingerprint density at radius 2 is 1.65 bits per heavy atom. The standard InChI is InChI=1S/C29H25N3O3S2/c1-18-24(20-10-6-4-7-11-20)25-27(36-18)31-29(32(28(25)34)22-12-8-5-9-13-22)37-19(2)26(33)30-21-14-16-23(35-3)17-15-21/h4-17,19H,1-3H3,(H,30,33). The Bertz CT molecular complexity index is 1610. The fourth-order valence-electron chi connectivity index (χ4n) is 4.11. The van der Waals surface area contributed by atoms with Crippen LogP contribution >= 0.6 is 23.1 Å². The average molecular weight is 528 g/mol. The zero-order valence-corrected chi connectivity index (χ0v) is 22.2. The predicted octanol–water partition coefficient (Wildman–Crippen LogP) is 6.55. The number of hydrogen-bond acceptors (Lipinski definition) is 6. The first-order valence-electron chi connectivity index (χ1n) is 11.7. The monoisotopic (exact) mass is 527 g/mol. The minimum Gasteiger partial charge on any atom is -0.497 e. The first kappa shape index (κ1) is 24.8. The molecule has 2 heterocycles. The maximum Gasteiger partial charge on any atom is 0.268 e. The van der Waals surface area contributed by atoms with Crippen molar-refractivity contribution >= 4 is 44.9 Å². The van der Waals surface area contributed by atoms with Crippen LogP contribution < -0.4 is 15.6 Å². The van der Waals surface area contributed by atoms with E-state index >= 15 is 0 Å². The lowest BCUT2D eigenvalue weighted by Crippen LogP contribution is -2.26. The number of anilines is 1. The number of nitrogens with one attached hydrogen (secondary N) is 1. The molecule has 2 aromatic heterocycles. The number of amides is 1. The van der Waals surface area contributed by atoms with E-state index in [1.165, 1.54) is 23.1 Å². The normalized spacial score (nSPS) is 11.9. The van der Waals surface area contributed by atoms with Gasteiger partial charge in [0.25, 0.3) is 5.56 Å². The molecule has 0 saturated heterocycles. The Labute approximate surface area is 223 Å². The zero-order valence-electron chi connectivity index (χ0n) is 20.6. The second-order valence-corrected chi connectivity index (χ2v) is 10.9. The molecule has 0 aliphatic heterocycles. The number of thioether (sulfide) groups is 1. The van der Waals surface area contributed by atoms with E-state index in [4.69, 9.17) is 9.72 Å². The summed E-state index contributed by atoms with van der Waals surface area (Å²) in [5.41, 5.74) is 3.12. The number of para-hydroxylation sites is 1. The molecule has 0 aliphatic rings. The molecule has 1 N–H and O–H groups in total. The topological polar surface area (TPSA) is 73.2 Å². The molecule has 37 heavy (non-hydrogen) atoms. The van der Waals surface area contributed by atoms with Crippen LogP contribution in [0.5, 0.6) is 5.75 Å². The summed E-state index contributed by atoms with van der Waals surface area (Å²) in [6, 6.07) is 26.5. The van der Waals surface area contributed by atoms with Crippen molar-refractivity contribution in [3.63, 3.8) is 0 Å². The molecule has 5 aromatic rings. The molecule has 5 rings (SSSR count). The molecule has 0 fully saturated rings. The largest absolute Gasteiger partial charge is 0.497 e. The fourth-order valence-corrected chi connectivity index (χ4v) is 6.12. The van der Waals surface area contributed by atoms with Gasteiger partial charge in [0.1, 0.15) is 10.6 Å². The Morgan fingerprint density at radius 3 is 2.30 bits per heavy atom. The molecule has 1 amide bonds. The van der Waals surface area contributed by atoms with Crippen molar-refractivity contribution in [3.8, 4) is 22.6 Å². The van der Waals surface area contributed by atoms with Crippen LogP contribution in [0.2, 0.25) is 0 Å². The first-order chi connectivity index (χ1) is 18.0. The molecular weight excluding hydrogens is 502 g/mol. The highest BCUT2D eigenvalue weighted by atomic mass is 32.2. The van der Waals surface area contributed by atoms with Gasteiger partial charge in [0, 0.05) is 16.1 Å². The fraction of sp³-hybridized carbons (Fsp3) is 0.138. The number of methoxy groups -OCH3 is 1. The molecular formula is C29H25N3O3S2. The van der Waals surface area contributed by atoms with Gasteiger partial charge in [-0.1, -0.05) is 60.3 Å². The van der Waals surface area contributed by atoms with Gasteiger partial charge in [-0.15, -0.1) is 11.3 Å². The van der Waals surface area contributed by atoms with Crippen LogP contribution in [0, 0.1) is 6.92 Å². The van der Waals surface area contributed by atoms with Crippen LogP contribution in [0.4, 0.5) is 5.69 Å². The Hall–Kier alpha value is -3.88. The quantitative estimate of drug-likeness (QED) is 0.192. The number of ether oxygens (including phenoxy) is 1. The Kier molecular flexibility index (Phi) is 7.12. The lowest BCUT2D eigenvalue weighted by molar-refractivity contribution is -0.115. The molecule has 0 bridgehead atoms. The van der Waals surface area contributed by atoms with Crippen molar-refractivity contribution < 1.29 is 9.53 Å². The number of carbonyl (C=O) groups excluding carboxylic acids is 1. The third-order valence-corrected chi connectivity index (χ3v) is 8.01. The average Bonchev–Trinajstić information content (AvgIpc) is 3.26. The van der Waals surface area contributed by atoms with E-state index in [0.717, 1.165) is 16.0 Å². The Morgan fingerprint density at radius 1 is 1.00 bits per heavy atom. The Balaban J connectivity index is 1.56. The maximum absolute atomic E-state index is 14.1. The lowest BCUT2D eigenvalue weighted by Gasteiger charge is -2.16. The number of benzene rings is 3. The third-order valence-electron chi connectivity index (χ3n) is 5.96. The molecule has 0 saturated carbocycles. The van der Waals surface area contributed by atoms with Gasteiger partial charge in [0.05, 0.1) is 23.4 Å². The number of nitrogens with zero attached hydrogens (tertiary/aromatic N) is 2. The molecule has 1 atom stereocenters. The van der Waals surface area contributed by atoms with Gasteiger partial charge in [-0.2, -0.15) is 0 Å². The van der Waals surface area contributed by atoms with Crippen molar-refractivity contribution in [2.45, 2.75) is 24.3 Å². The van der Waals surface area contributed by atoms with E-state index in [9.17, 15) is 9.59 Å². The summed E-state index contributed by atoms with van der Waals surface area (Å²) in [6.45, 7) is 3.82. The van der Waals surface area contributed by atoms with Gasteiger partial charge in [0.2, 0.25) is 5.91 Å².